The van der Waals surface area contributed by atoms with Crippen molar-refractivity contribution in [3.63, 3.8) is 0 Å². The summed E-state index contributed by atoms with van der Waals surface area (Å²) in [6.07, 6.45) is 2.13. The Morgan fingerprint density at radius 3 is 2.57 bits per heavy atom. The molecule has 1 aliphatic heterocycles. The van der Waals surface area contributed by atoms with Gasteiger partial charge in [0.25, 0.3) is 0 Å². The van der Waals surface area contributed by atoms with E-state index in [-0.39, 0.29) is 11.8 Å². The van der Waals surface area contributed by atoms with E-state index in [1.807, 2.05) is 18.2 Å². The van der Waals surface area contributed by atoms with Crippen molar-refractivity contribution in [2.24, 2.45) is 4.99 Å². The Kier molecular flexibility index (Phi) is 7.52. The number of aromatic hydroxyl groups is 1. The fraction of sp³-hybridized carbons (Fsp3) is 0.409. The molecule has 1 saturated heterocycles. The van der Waals surface area contributed by atoms with Crippen LogP contribution in [0.2, 0.25) is 5.02 Å². The van der Waals surface area contributed by atoms with E-state index in [0.29, 0.717) is 24.0 Å². The molecule has 7 nitrogen and oxygen atoms in total. The number of benzene rings is 2. The predicted molar refractivity (Wildman–Crippen MR) is 121 cm³/mol. The Hall–Kier alpha value is -2.80. The minimum absolute atomic E-state index is 0.00636. The normalized spacial score (nSPS) is 16.9. The first kappa shape index (κ1) is 21.9. The number of phenols is 1. The molecule has 3 N–H and O–H groups in total. The van der Waals surface area contributed by atoms with Gasteiger partial charge in [0, 0.05) is 32.7 Å². The number of aliphatic imine (C=N–C) groups is 1. The van der Waals surface area contributed by atoms with Crippen molar-refractivity contribution >= 4 is 23.2 Å². The quantitative estimate of drug-likeness (QED) is 0.479. The molecular weight excluding hydrogens is 404 g/mol. The summed E-state index contributed by atoms with van der Waals surface area (Å²) in [6.45, 7) is 2.35. The second-order valence-corrected chi connectivity index (χ2v) is 7.56. The van der Waals surface area contributed by atoms with Crippen molar-refractivity contribution in [2.45, 2.75) is 25.4 Å². The molecule has 2 aromatic carbocycles. The van der Waals surface area contributed by atoms with Crippen LogP contribution in [0.25, 0.3) is 0 Å². The summed E-state index contributed by atoms with van der Waals surface area (Å²) in [5.74, 6) is 1.45. The van der Waals surface area contributed by atoms with Crippen molar-refractivity contribution in [1.29, 1.82) is 0 Å². The molecule has 1 unspecified atom stereocenters. The number of hydrogen-bond donors (Lipinski definition) is 3. The molecule has 30 heavy (non-hydrogen) atoms. The topological polar surface area (TPSA) is 78.4 Å². The first-order valence-electron chi connectivity index (χ1n) is 9.96. The van der Waals surface area contributed by atoms with E-state index in [9.17, 15) is 5.11 Å². The van der Waals surface area contributed by atoms with Gasteiger partial charge < -0.3 is 30.1 Å². The van der Waals surface area contributed by atoms with Gasteiger partial charge in [0.1, 0.15) is 0 Å². The van der Waals surface area contributed by atoms with E-state index >= 15 is 0 Å². The number of halogens is 1. The molecule has 3 rings (SSSR count). The monoisotopic (exact) mass is 432 g/mol. The largest absolute Gasteiger partial charge is 0.502 e. The number of para-hydroxylation sites is 1. The van der Waals surface area contributed by atoms with E-state index < -0.39 is 0 Å². The zero-order valence-corrected chi connectivity index (χ0v) is 18.4. The van der Waals surface area contributed by atoms with Crippen molar-refractivity contribution in [3.05, 3.63) is 47.0 Å². The molecule has 0 amide bonds. The number of phenolic OH excluding ortho intramolecular Hbond substituents is 1. The van der Waals surface area contributed by atoms with Crippen LogP contribution < -0.4 is 25.0 Å². The third kappa shape index (κ3) is 5.21. The Labute approximate surface area is 182 Å². The summed E-state index contributed by atoms with van der Waals surface area (Å²) in [5.41, 5.74) is 1.97. The lowest BCUT2D eigenvalue weighted by Crippen LogP contribution is -2.51. The number of nitrogens with one attached hydrogen (secondary N) is 2. The van der Waals surface area contributed by atoms with E-state index in [1.54, 1.807) is 19.2 Å². The highest BCUT2D eigenvalue weighted by molar-refractivity contribution is 6.33. The lowest BCUT2D eigenvalue weighted by atomic mass is 10.0. The van der Waals surface area contributed by atoms with Crippen molar-refractivity contribution in [3.8, 4) is 17.2 Å². The SMILES string of the molecule is CN=C(NCc1cc(OC)c(O)c(OC)c1)NC1CCCN(c2ccccc2Cl)C1. The third-order valence-electron chi connectivity index (χ3n) is 5.18. The molecule has 0 bridgehead atoms. The Morgan fingerprint density at radius 1 is 1.23 bits per heavy atom. The van der Waals surface area contributed by atoms with Crippen molar-refractivity contribution in [1.82, 2.24) is 10.6 Å². The van der Waals surface area contributed by atoms with E-state index in [1.165, 1.54) is 14.2 Å². The van der Waals surface area contributed by atoms with Gasteiger partial charge in [-0.05, 0) is 42.7 Å². The van der Waals surface area contributed by atoms with Gasteiger partial charge in [-0.2, -0.15) is 0 Å². The standard InChI is InChI=1S/C22H29ClN4O3/c1-24-22(25-13-15-11-19(29-2)21(28)20(12-15)30-3)26-16-7-6-10-27(14-16)18-9-5-4-8-17(18)23/h4-5,8-9,11-12,16,28H,6-7,10,13-14H2,1-3H3,(H2,24,25,26). The Morgan fingerprint density at radius 2 is 1.93 bits per heavy atom. The summed E-state index contributed by atoms with van der Waals surface area (Å²) < 4.78 is 10.5. The maximum Gasteiger partial charge on any atom is 0.200 e. The summed E-state index contributed by atoms with van der Waals surface area (Å²) in [5, 5.41) is 17.7. The van der Waals surface area contributed by atoms with Crippen LogP contribution >= 0.6 is 11.6 Å². The first-order valence-corrected chi connectivity index (χ1v) is 10.3. The van der Waals surface area contributed by atoms with Crippen LogP contribution in [0, 0.1) is 0 Å². The van der Waals surface area contributed by atoms with Gasteiger partial charge in [0.05, 0.1) is 24.9 Å². The van der Waals surface area contributed by atoms with Crippen LogP contribution in [0.15, 0.2) is 41.4 Å². The molecule has 1 heterocycles. The number of guanidine groups is 1. The summed E-state index contributed by atoms with van der Waals surface area (Å²) >= 11 is 6.38. The first-order chi connectivity index (χ1) is 14.5. The molecule has 0 aliphatic carbocycles. The number of piperidine rings is 1. The van der Waals surface area contributed by atoms with Crippen molar-refractivity contribution in [2.75, 3.05) is 39.3 Å². The molecular formula is C22H29ClN4O3. The van der Waals surface area contributed by atoms with Crippen LogP contribution in [0.4, 0.5) is 5.69 Å². The number of hydrogen-bond acceptors (Lipinski definition) is 5. The maximum absolute atomic E-state index is 10.1. The average molecular weight is 433 g/mol. The minimum atomic E-state index is -0.00636. The maximum atomic E-state index is 10.1. The lowest BCUT2D eigenvalue weighted by molar-refractivity contribution is 0.339. The second kappa shape index (κ2) is 10.3. The van der Waals surface area contributed by atoms with Crippen LogP contribution in [-0.4, -0.2) is 51.5 Å². The van der Waals surface area contributed by atoms with Gasteiger partial charge in [-0.1, -0.05) is 23.7 Å². The molecule has 0 saturated carbocycles. The predicted octanol–water partition coefficient (Wildman–Crippen LogP) is 3.40. The van der Waals surface area contributed by atoms with Crippen LogP contribution in [-0.2, 0) is 6.54 Å². The number of methoxy groups -OCH3 is 2. The molecule has 1 fully saturated rings. The van der Waals surface area contributed by atoms with Gasteiger partial charge in [-0.25, -0.2) is 0 Å². The highest BCUT2D eigenvalue weighted by atomic mass is 35.5. The summed E-state index contributed by atoms with van der Waals surface area (Å²) in [4.78, 5) is 6.67. The molecule has 2 aromatic rings. The molecule has 0 spiro atoms. The minimum Gasteiger partial charge on any atom is -0.502 e. The fourth-order valence-corrected chi connectivity index (χ4v) is 3.90. The Balaban J connectivity index is 1.61. The summed E-state index contributed by atoms with van der Waals surface area (Å²) in [6, 6.07) is 11.8. The van der Waals surface area contributed by atoms with Crippen molar-refractivity contribution < 1.29 is 14.6 Å². The van der Waals surface area contributed by atoms with Gasteiger partial charge in [0.2, 0.25) is 5.75 Å². The highest BCUT2D eigenvalue weighted by Crippen LogP contribution is 2.37. The Bertz CT molecular complexity index is 865. The molecule has 1 aliphatic rings. The lowest BCUT2D eigenvalue weighted by Gasteiger charge is -2.35. The zero-order chi connectivity index (χ0) is 21.5. The number of anilines is 1. The molecule has 162 valence electrons. The molecule has 1 atom stereocenters. The van der Waals surface area contributed by atoms with Crippen LogP contribution in [0.3, 0.4) is 0 Å². The fourth-order valence-electron chi connectivity index (χ4n) is 3.65. The number of nitrogens with zero attached hydrogens (tertiary/aromatic N) is 2. The average Bonchev–Trinajstić information content (AvgIpc) is 2.77. The molecule has 0 aromatic heterocycles. The number of rotatable bonds is 6. The van der Waals surface area contributed by atoms with Gasteiger partial charge in [-0.15, -0.1) is 0 Å². The van der Waals surface area contributed by atoms with Crippen LogP contribution in [0.1, 0.15) is 18.4 Å². The van der Waals surface area contributed by atoms with Gasteiger partial charge in [-0.3, -0.25) is 4.99 Å². The van der Waals surface area contributed by atoms with E-state index in [2.05, 4.69) is 26.6 Å². The zero-order valence-electron chi connectivity index (χ0n) is 17.6. The smallest absolute Gasteiger partial charge is 0.200 e. The summed E-state index contributed by atoms with van der Waals surface area (Å²) in [7, 11) is 4.78. The van der Waals surface area contributed by atoms with Gasteiger partial charge >= 0.3 is 0 Å². The van der Waals surface area contributed by atoms with Gasteiger partial charge in [0.15, 0.2) is 17.5 Å². The number of ether oxygens (including phenoxy) is 2. The molecule has 0 radical (unpaired) electrons. The van der Waals surface area contributed by atoms with E-state index in [4.69, 9.17) is 21.1 Å². The van der Waals surface area contributed by atoms with E-state index in [0.717, 1.165) is 42.2 Å². The highest BCUT2D eigenvalue weighted by Gasteiger charge is 2.22. The third-order valence-corrected chi connectivity index (χ3v) is 5.50. The van der Waals surface area contributed by atoms with Crippen LogP contribution in [0.5, 0.6) is 17.2 Å². The second-order valence-electron chi connectivity index (χ2n) is 7.16. The molecule has 8 heteroatoms.